The summed E-state index contributed by atoms with van der Waals surface area (Å²) in [6.07, 6.45) is 11.0. The first-order valence-electron chi connectivity index (χ1n) is 2.72. The molecule has 0 N–H and O–H groups in total. The van der Waals surface area contributed by atoms with Crippen LogP contribution in [0.2, 0.25) is 0 Å². The fourth-order valence-electron chi connectivity index (χ4n) is 0.384. The van der Waals surface area contributed by atoms with Crippen LogP contribution in [0.3, 0.4) is 0 Å². The van der Waals surface area contributed by atoms with E-state index < -0.39 is 0 Å². The predicted octanol–water partition coefficient (Wildman–Crippen LogP) is 1.42. The maximum absolute atomic E-state index is 9.72. The first-order valence-corrected chi connectivity index (χ1v) is 2.72. The summed E-state index contributed by atoms with van der Waals surface area (Å²) in [5.74, 6) is 2.28. The van der Waals surface area contributed by atoms with E-state index in [0.29, 0.717) is 5.70 Å². The van der Waals surface area contributed by atoms with Gasteiger partial charge in [0.05, 0.1) is 5.70 Å². The lowest BCUT2D eigenvalue weighted by atomic mass is 10.4. The molecule has 0 aliphatic rings. The van der Waals surface area contributed by atoms with Gasteiger partial charge < -0.3 is 0 Å². The van der Waals surface area contributed by atoms with Gasteiger partial charge in [-0.05, 0) is 19.1 Å². The molecule has 0 spiro atoms. The van der Waals surface area contributed by atoms with E-state index in [1.807, 2.05) is 0 Å². The van der Waals surface area contributed by atoms with Crippen LogP contribution in [0.5, 0.6) is 0 Å². The minimum atomic E-state index is 0.521. The molecule has 0 atom stereocenters. The Hall–Kier alpha value is -1.58. The summed E-state index contributed by atoms with van der Waals surface area (Å²) in [5.41, 5.74) is 0.521. The lowest BCUT2D eigenvalue weighted by Crippen LogP contribution is -1.67. The zero-order chi connectivity index (χ0) is 7.82. The van der Waals surface area contributed by atoms with Gasteiger partial charge in [-0.2, -0.15) is 4.99 Å². The molecule has 0 heterocycles. The largest absolute Gasteiger partial charge is 0.240 e. The molecule has 0 aliphatic carbocycles. The quantitative estimate of drug-likeness (QED) is 0.242. The molecule has 0 unspecified atom stereocenters. The normalized spacial score (nSPS) is 10.6. The van der Waals surface area contributed by atoms with Crippen LogP contribution in [0.15, 0.2) is 28.9 Å². The van der Waals surface area contributed by atoms with E-state index in [0.717, 1.165) is 0 Å². The second-order valence-corrected chi connectivity index (χ2v) is 1.42. The third kappa shape index (κ3) is 3.43. The highest BCUT2D eigenvalue weighted by Gasteiger charge is 1.80. The van der Waals surface area contributed by atoms with Crippen LogP contribution in [-0.4, -0.2) is 6.08 Å². The molecule has 10 heavy (non-hydrogen) atoms. The Morgan fingerprint density at radius 2 is 2.40 bits per heavy atom. The van der Waals surface area contributed by atoms with Crippen molar-refractivity contribution in [3.05, 3.63) is 23.9 Å². The van der Waals surface area contributed by atoms with Gasteiger partial charge in [0, 0.05) is 0 Å². The molecule has 0 aromatic heterocycles. The standard InChI is InChI=1S/C8H7NO/c1-3-5-6-8(4-2)9-7-10/h1,4-6H,2H3/b6-5-,8-4+. The summed E-state index contributed by atoms with van der Waals surface area (Å²) < 4.78 is 0. The van der Waals surface area contributed by atoms with E-state index in [4.69, 9.17) is 6.42 Å². The number of hydrogen-bond donors (Lipinski definition) is 0. The average molecular weight is 133 g/mol. The third-order valence-electron chi connectivity index (χ3n) is 0.821. The predicted molar refractivity (Wildman–Crippen MR) is 39.9 cm³/mol. The first-order chi connectivity index (χ1) is 4.85. The van der Waals surface area contributed by atoms with Crippen LogP contribution >= 0.6 is 0 Å². The average Bonchev–Trinajstić information content (AvgIpc) is 1.98. The lowest BCUT2D eigenvalue weighted by Gasteiger charge is -1.82. The van der Waals surface area contributed by atoms with E-state index in [1.54, 1.807) is 19.1 Å². The summed E-state index contributed by atoms with van der Waals surface area (Å²) in [6.45, 7) is 1.76. The number of rotatable bonds is 2. The Morgan fingerprint density at radius 1 is 1.70 bits per heavy atom. The number of terminal acetylenes is 1. The molecule has 0 amide bonds. The Balaban J connectivity index is 4.28. The van der Waals surface area contributed by atoms with Crippen molar-refractivity contribution in [1.29, 1.82) is 0 Å². The van der Waals surface area contributed by atoms with Crippen molar-refractivity contribution in [3.8, 4) is 12.3 Å². The summed E-state index contributed by atoms with van der Waals surface area (Å²) in [7, 11) is 0. The maximum atomic E-state index is 9.72. The molecule has 0 bridgehead atoms. The van der Waals surface area contributed by atoms with Crippen molar-refractivity contribution in [1.82, 2.24) is 0 Å². The topological polar surface area (TPSA) is 29.4 Å². The van der Waals surface area contributed by atoms with Gasteiger partial charge in [0.25, 0.3) is 0 Å². The van der Waals surface area contributed by atoms with E-state index in [9.17, 15) is 4.79 Å². The van der Waals surface area contributed by atoms with Crippen molar-refractivity contribution in [2.75, 3.05) is 0 Å². The third-order valence-corrected chi connectivity index (χ3v) is 0.821. The number of isocyanates is 1. The smallest absolute Gasteiger partial charge is 0.211 e. The van der Waals surface area contributed by atoms with Crippen molar-refractivity contribution in [2.45, 2.75) is 6.92 Å². The highest BCUT2D eigenvalue weighted by atomic mass is 16.1. The Morgan fingerprint density at radius 3 is 2.80 bits per heavy atom. The van der Waals surface area contributed by atoms with Gasteiger partial charge in [0.15, 0.2) is 0 Å². The number of aliphatic imine (C=N–C) groups is 1. The molecule has 0 fully saturated rings. The van der Waals surface area contributed by atoms with E-state index in [1.165, 1.54) is 12.2 Å². The van der Waals surface area contributed by atoms with Crippen LogP contribution in [0.4, 0.5) is 0 Å². The van der Waals surface area contributed by atoms with Gasteiger partial charge in [-0.3, -0.25) is 0 Å². The zero-order valence-corrected chi connectivity index (χ0v) is 5.66. The highest BCUT2D eigenvalue weighted by molar-refractivity contribution is 5.40. The second kappa shape index (κ2) is 5.55. The van der Waals surface area contributed by atoms with Gasteiger partial charge in [0.2, 0.25) is 6.08 Å². The molecule has 0 rings (SSSR count). The van der Waals surface area contributed by atoms with Crippen LogP contribution in [0.25, 0.3) is 0 Å². The Kier molecular flexibility index (Phi) is 4.68. The van der Waals surface area contributed by atoms with Crippen molar-refractivity contribution < 1.29 is 4.79 Å². The van der Waals surface area contributed by atoms with Crippen LogP contribution in [0.1, 0.15) is 6.92 Å². The van der Waals surface area contributed by atoms with Crippen molar-refractivity contribution >= 4 is 6.08 Å². The maximum Gasteiger partial charge on any atom is 0.240 e. The number of allylic oxidation sites excluding steroid dienone is 3. The molecule has 2 nitrogen and oxygen atoms in total. The van der Waals surface area contributed by atoms with E-state index in [-0.39, 0.29) is 0 Å². The highest BCUT2D eigenvalue weighted by Crippen LogP contribution is 1.95. The summed E-state index contributed by atoms with van der Waals surface area (Å²) >= 11 is 0. The molecule has 2 heteroatoms. The monoisotopic (exact) mass is 133 g/mol. The lowest BCUT2D eigenvalue weighted by molar-refractivity contribution is 0.565. The van der Waals surface area contributed by atoms with Gasteiger partial charge in [-0.25, -0.2) is 4.79 Å². The van der Waals surface area contributed by atoms with Gasteiger partial charge in [0.1, 0.15) is 0 Å². The molecule has 0 saturated carbocycles. The Labute approximate surface area is 60.0 Å². The molecule has 50 valence electrons. The fourth-order valence-corrected chi connectivity index (χ4v) is 0.384. The van der Waals surface area contributed by atoms with Gasteiger partial charge >= 0.3 is 0 Å². The summed E-state index contributed by atoms with van der Waals surface area (Å²) in [4.78, 5) is 13.1. The van der Waals surface area contributed by atoms with Gasteiger partial charge in [-0.15, -0.1) is 6.42 Å². The van der Waals surface area contributed by atoms with Crippen LogP contribution in [-0.2, 0) is 4.79 Å². The number of nitrogens with zero attached hydrogens (tertiary/aromatic N) is 1. The second-order valence-electron chi connectivity index (χ2n) is 1.42. The van der Waals surface area contributed by atoms with E-state index in [2.05, 4.69) is 10.9 Å². The van der Waals surface area contributed by atoms with Gasteiger partial charge in [-0.1, -0.05) is 12.0 Å². The van der Waals surface area contributed by atoms with Crippen molar-refractivity contribution in [2.24, 2.45) is 4.99 Å². The van der Waals surface area contributed by atoms with E-state index >= 15 is 0 Å². The molecular weight excluding hydrogens is 126 g/mol. The number of hydrogen-bond acceptors (Lipinski definition) is 2. The fraction of sp³-hybridized carbons (Fsp3) is 0.125. The van der Waals surface area contributed by atoms with Crippen LogP contribution < -0.4 is 0 Å². The minimum Gasteiger partial charge on any atom is -0.211 e. The molecule has 0 radical (unpaired) electrons. The zero-order valence-electron chi connectivity index (χ0n) is 5.66. The van der Waals surface area contributed by atoms with Crippen molar-refractivity contribution in [3.63, 3.8) is 0 Å². The molecular formula is C8H7NO. The summed E-state index contributed by atoms with van der Waals surface area (Å²) in [6, 6.07) is 0. The Bertz CT molecular complexity index is 236. The molecule has 0 aromatic carbocycles. The molecule has 0 aliphatic heterocycles. The molecule has 0 aromatic rings. The summed E-state index contributed by atoms with van der Waals surface area (Å²) in [5, 5.41) is 0. The molecule has 0 saturated heterocycles. The minimum absolute atomic E-state index is 0.521. The first kappa shape index (κ1) is 8.42. The number of carbonyl (C=O) groups excluding carboxylic acids is 1. The SMILES string of the molecule is C#C/C=C\C(=C/C)N=C=O. The van der Waals surface area contributed by atoms with Crippen LogP contribution in [0, 0.1) is 12.3 Å².